The Morgan fingerprint density at radius 1 is 1.04 bits per heavy atom. The molecule has 0 amide bonds. The van der Waals surface area contributed by atoms with Gasteiger partial charge in [0.25, 0.3) is 0 Å². The zero-order chi connectivity index (χ0) is 16.7. The van der Waals surface area contributed by atoms with E-state index >= 15 is 0 Å². The molecule has 0 unspecified atom stereocenters. The Hall–Kier alpha value is -2.40. The molecule has 3 aromatic rings. The summed E-state index contributed by atoms with van der Waals surface area (Å²) in [4.78, 5) is 8.80. The predicted molar refractivity (Wildman–Crippen MR) is 96.7 cm³/mol. The van der Waals surface area contributed by atoms with Crippen LogP contribution >= 0.6 is 0 Å². The van der Waals surface area contributed by atoms with E-state index in [1.807, 2.05) is 10.7 Å². The number of rotatable bonds is 2. The highest BCUT2D eigenvalue weighted by Crippen LogP contribution is 2.27. The second-order valence-corrected chi connectivity index (χ2v) is 6.86. The van der Waals surface area contributed by atoms with Crippen LogP contribution in [0.25, 0.3) is 16.8 Å². The molecule has 0 spiro atoms. The molecule has 0 aliphatic carbocycles. The average Bonchev–Trinajstić information content (AvgIpc) is 2.99. The number of aryl methyl sites for hydroxylation is 2. The molecule has 0 bridgehead atoms. The monoisotopic (exact) mass is 322 g/mol. The minimum Gasteiger partial charge on any atom is -0.345 e. The topological polar surface area (TPSA) is 37.9 Å². The van der Waals surface area contributed by atoms with Crippen LogP contribution in [0.2, 0.25) is 0 Å². The highest BCUT2D eigenvalue weighted by molar-refractivity contribution is 5.78. The Kier molecular flexibility index (Phi) is 3.73. The third-order valence-corrected chi connectivity index (χ3v) is 4.88. The van der Waals surface area contributed by atoms with E-state index in [-0.39, 0.29) is 0 Å². The second-order valence-electron chi connectivity index (χ2n) is 6.86. The molecule has 4 rings (SSSR count). The molecule has 5 nitrogen and oxygen atoms in total. The molecule has 1 saturated heterocycles. The minimum absolute atomic E-state index is 0.945. The lowest BCUT2D eigenvalue weighted by Crippen LogP contribution is -3.12. The van der Waals surface area contributed by atoms with Crippen molar-refractivity contribution in [2.75, 3.05) is 38.1 Å². The number of hydrogen-bond acceptors (Lipinski definition) is 3. The fraction of sp³-hybridized carbons (Fsp3) is 0.368. The Morgan fingerprint density at radius 3 is 2.46 bits per heavy atom. The van der Waals surface area contributed by atoms with E-state index < -0.39 is 0 Å². The van der Waals surface area contributed by atoms with Crippen molar-refractivity contribution >= 4 is 11.5 Å². The first-order valence-corrected chi connectivity index (χ1v) is 8.60. The zero-order valence-corrected chi connectivity index (χ0v) is 14.6. The van der Waals surface area contributed by atoms with E-state index in [4.69, 9.17) is 4.98 Å². The van der Waals surface area contributed by atoms with Crippen LogP contribution in [0.1, 0.15) is 11.3 Å². The number of fused-ring (bicyclic) bond motifs is 1. The van der Waals surface area contributed by atoms with Crippen LogP contribution in [-0.2, 0) is 0 Å². The van der Waals surface area contributed by atoms with Gasteiger partial charge in [0.1, 0.15) is 5.82 Å². The summed E-state index contributed by atoms with van der Waals surface area (Å²) in [6, 6.07) is 10.7. The van der Waals surface area contributed by atoms with E-state index in [2.05, 4.69) is 61.2 Å². The fourth-order valence-electron chi connectivity index (χ4n) is 3.34. The van der Waals surface area contributed by atoms with Crippen molar-refractivity contribution < 1.29 is 4.90 Å². The number of aromatic nitrogens is 3. The van der Waals surface area contributed by atoms with Crippen LogP contribution in [0.15, 0.2) is 36.5 Å². The lowest BCUT2D eigenvalue weighted by atomic mass is 10.1. The van der Waals surface area contributed by atoms with Gasteiger partial charge in [-0.15, -0.1) is 0 Å². The molecule has 0 radical (unpaired) electrons. The fourth-order valence-corrected chi connectivity index (χ4v) is 3.34. The maximum Gasteiger partial charge on any atom is 0.165 e. The van der Waals surface area contributed by atoms with E-state index in [1.165, 1.54) is 11.1 Å². The van der Waals surface area contributed by atoms with Crippen LogP contribution in [0.5, 0.6) is 0 Å². The predicted octanol–water partition coefficient (Wildman–Crippen LogP) is 1.35. The first kappa shape index (κ1) is 15.1. The minimum atomic E-state index is 0.945. The number of likely N-dealkylation sites (N-methyl/N-ethyl adjacent to an activating group) is 1. The summed E-state index contributed by atoms with van der Waals surface area (Å²) in [6.07, 6.45) is 1.94. The van der Waals surface area contributed by atoms with Gasteiger partial charge in [-0.3, -0.25) is 0 Å². The maximum atomic E-state index is 4.77. The van der Waals surface area contributed by atoms with E-state index in [0.29, 0.717) is 0 Å². The third-order valence-electron chi connectivity index (χ3n) is 4.88. The second kappa shape index (κ2) is 5.91. The van der Waals surface area contributed by atoms with Gasteiger partial charge in [0, 0.05) is 17.3 Å². The van der Waals surface area contributed by atoms with Gasteiger partial charge in [0.05, 0.1) is 39.4 Å². The lowest BCUT2D eigenvalue weighted by Gasteiger charge is -2.31. The van der Waals surface area contributed by atoms with Crippen molar-refractivity contribution in [2.45, 2.75) is 13.8 Å². The van der Waals surface area contributed by atoms with Crippen molar-refractivity contribution in [3.8, 4) is 11.1 Å². The molecule has 24 heavy (non-hydrogen) atoms. The van der Waals surface area contributed by atoms with Gasteiger partial charge in [-0.05, 0) is 19.4 Å². The van der Waals surface area contributed by atoms with Crippen LogP contribution in [0.4, 0.5) is 5.82 Å². The van der Waals surface area contributed by atoms with Crippen LogP contribution in [0.3, 0.4) is 0 Å². The number of benzene rings is 1. The number of nitrogens with zero attached hydrogens (tertiary/aromatic N) is 4. The van der Waals surface area contributed by atoms with Gasteiger partial charge >= 0.3 is 0 Å². The number of hydrogen-bond donors (Lipinski definition) is 1. The van der Waals surface area contributed by atoms with Crippen LogP contribution < -0.4 is 9.80 Å². The molecule has 0 saturated carbocycles. The maximum absolute atomic E-state index is 4.77. The number of quaternary nitrogens is 1. The first-order chi connectivity index (χ1) is 11.6. The molecule has 2 aromatic heterocycles. The van der Waals surface area contributed by atoms with Crippen LogP contribution in [0, 0.1) is 13.8 Å². The molecule has 124 valence electrons. The Bertz CT molecular complexity index is 857. The van der Waals surface area contributed by atoms with Crippen molar-refractivity contribution in [1.29, 1.82) is 0 Å². The van der Waals surface area contributed by atoms with Gasteiger partial charge in [-0.2, -0.15) is 9.61 Å². The summed E-state index contributed by atoms with van der Waals surface area (Å²) >= 11 is 0. The van der Waals surface area contributed by atoms with Gasteiger partial charge in [0.2, 0.25) is 0 Å². The zero-order valence-electron chi connectivity index (χ0n) is 14.6. The molecule has 1 aromatic carbocycles. The molecule has 5 heteroatoms. The van der Waals surface area contributed by atoms with Crippen molar-refractivity contribution in [3.05, 3.63) is 47.8 Å². The smallest absolute Gasteiger partial charge is 0.165 e. The highest BCUT2D eigenvalue weighted by Gasteiger charge is 2.21. The normalized spacial score (nSPS) is 16.0. The molecule has 1 fully saturated rings. The van der Waals surface area contributed by atoms with Crippen molar-refractivity contribution in [3.63, 3.8) is 0 Å². The van der Waals surface area contributed by atoms with E-state index in [1.54, 1.807) is 4.90 Å². The SMILES string of the molecule is Cc1ccc(-c2cnn3c(N4CC[NH+](C)CC4)cc(C)nc23)cc1. The van der Waals surface area contributed by atoms with E-state index in [9.17, 15) is 0 Å². The number of nitrogens with one attached hydrogen (secondary N) is 1. The lowest BCUT2D eigenvalue weighted by molar-refractivity contribution is -0.880. The summed E-state index contributed by atoms with van der Waals surface area (Å²) in [7, 11) is 2.26. The van der Waals surface area contributed by atoms with Crippen molar-refractivity contribution in [1.82, 2.24) is 14.6 Å². The van der Waals surface area contributed by atoms with Gasteiger partial charge < -0.3 is 9.80 Å². The number of anilines is 1. The standard InChI is InChI=1S/C19H23N5/c1-14-4-6-16(7-5-14)17-13-20-24-18(12-15(2)21-19(17)24)23-10-8-22(3)9-11-23/h4-7,12-13H,8-11H2,1-3H3/p+1. The van der Waals surface area contributed by atoms with Crippen LogP contribution in [-0.4, -0.2) is 47.8 Å². The number of piperazine rings is 1. The van der Waals surface area contributed by atoms with Gasteiger partial charge in [-0.25, -0.2) is 4.98 Å². The summed E-state index contributed by atoms with van der Waals surface area (Å²) in [5, 5.41) is 4.66. The molecule has 1 aliphatic rings. The summed E-state index contributed by atoms with van der Waals surface area (Å²) < 4.78 is 2.00. The van der Waals surface area contributed by atoms with E-state index in [0.717, 1.165) is 48.9 Å². The third kappa shape index (κ3) is 2.65. The average molecular weight is 322 g/mol. The molecule has 3 heterocycles. The highest BCUT2D eigenvalue weighted by atomic mass is 15.4. The quantitative estimate of drug-likeness (QED) is 0.774. The molecular weight excluding hydrogens is 298 g/mol. The van der Waals surface area contributed by atoms with Crippen molar-refractivity contribution in [2.24, 2.45) is 0 Å². The largest absolute Gasteiger partial charge is 0.345 e. The summed E-state index contributed by atoms with van der Waals surface area (Å²) in [5.74, 6) is 1.16. The Morgan fingerprint density at radius 2 is 1.75 bits per heavy atom. The first-order valence-electron chi connectivity index (χ1n) is 8.60. The van der Waals surface area contributed by atoms with Gasteiger partial charge in [0.15, 0.2) is 5.65 Å². The summed E-state index contributed by atoms with van der Waals surface area (Å²) in [6.45, 7) is 8.62. The molecular formula is C19H24N5+. The molecule has 1 N–H and O–H groups in total. The van der Waals surface area contributed by atoms with Gasteiger partial charge in [-0.1, -0.05) is 29.8 Å². The Labute approximate surface area is 142 Å². The molecule has 0 atom stereocenters. The summed E-state index contributed by atoms with van der Waals surface area (Å²) in [5.41, 5.74) is 5.51. The Balaban J connectivity index is 1.81. The molecule has 1 aliphatic heterocycles.